The summed E-state index contributed by atoms with van der Waals surface area (Å²) in [5.41, 5.74) is 0. The van der Waals surface area contributed by atoms with Crippen molar-refractivity contribution in [3.63, 3.8) is 0 Å². The Bertz CT molecular complexity index is 187. The molecule has 14 heavy (non-hydrogen) atoms. The first kappa shape index (κ1) is 12.0. The molecule has 1 amide bonds. The second kappa shape index (κ2) is 6.40. The van der Waals surface area contributed by atoms with E-state index in [-0.39, 0.29) is 5.91 Å². The average molecular weight is 263 g/mol. The highest BCUT2D eigenvalue weighted by Crippen LogP contribution is 2.14. The van der Waals surface area contributed by atoms with Gasteiger partial charge in [-0.25, -0.2) is 0 Å². The van der Waals surface area contributed by atoms with Gasteiger partial charge in [-0.3, -0.25) is 4.79 Å². The van der Waals surface area contributed by atoms with Crippen LogP contribution >= 0.6 is 15.9 Å². The first-order chi connectivity index (χ1) is 6.76. The van der Waals surface area contributed by atoms with Crippen molar-refractivity contribution in [3.8, 4) is 0 Å². The summed E-state index contributed by atoms with van der Waals surface area (Å²) >= 11 is 3.14. The van der Waals surface area contributed by atoms with Crippen LogP contribution in [0.25, 0.3) is 0 Å². The van der Waals surface area contributed by atoms with Crippen molar-refractivity contribution in [2.24, 2.45) is 5.92 Å². The third-order valence-electron chi connectivity index (χ3n) is 2.76. The normalized spacial score (nSPS) is 23.4. The number of amides is 1. The number of nitrogens with one attached hydrogen (secondary N) is 1. The lowest BCUT2D eigenvalue weighted by Crippen LogP contribution is -2.40. The van der Waals surface area contributed by atoms with E-state index >= 15 is 0 Å². The highest BCUT2D eigenvalue weighted by molar-refractivity contribution is 9.09. The molecule has 1 N–H and O–H groups in total. The fraction of sp³-hybridized carbons (Fsp3) is 0.900. The molecule has 1 atom stereocenters. The number of hydrogen-bond acceptors (Lipinski definition) is 2. The number of nitrogens with zero attached hydrogens (tertiary/aromatic N) is 1. The summed E-state index contributed by atoms with van der Waals surface area (Å²) < 4.78 is 0. The predicted molar refractivity (Wildman–Crippen MR) is 61.6 cm³/mol. The zero-order valence-corrected chi connectivity index (χ0v) is 10.3. The summed E-state index contributed by atoms with van der Waals surface area (Å²) in [4.78, 5) is 13.5. The SMILES string of the molecule is CCN1CCCC(CNC(=O)CBr)C1. The van der Waals surface area contributed by atoms with Crippen molar-refractivity contribution in [3.05, 3.63) is 0 Å². The molecule has 0 aromatic rings. The minimum Gasteiger partial charge on any atom is -0.355 e. The van der Waals surface area contributed by atoms with E-state index in [4.69, 9.17) is 0 Å². The Morgan fingerprint density at radius 1 is 1.64 bits per heavy atom. The Balaban J connectivity index is 2.20. The molecule has 0 radical (unpaired) electrons. The zero-order valence-electron chi connectivity index (χ0n) is 8.76. The Hall–Kier alpha value is -0.0900. The summed E-state index contributed by atoms with van der Waals surface area (Å²) in [5, 5.41) is 3.35. The first-order valence-electron chi connectivity index (χ1n) is 5.31. The van der Waals surface area contributed by atoms with Crippen LogP contribution in [-0.4, -0.2) is 42.3 Å². The number of hydrogen-bond donors (Lipinski definition) is 1. The van der Waals surface area contributed by atoms with E-state index in [2.05, 4.69) is 33.1 Å². The topological polar surface area (TPSA) is 32.3 Å². The summed E-state index contributed by atoms with van der Waals surface area (Å²) in [6.07, 6.45) is 2.52. The van der Waals surface area contributed by atoms with E-state index in [0.717, 1.165) is 19.6 Å². The molecule has 1 aliphatic rings. The van der Waals surface area contributed by atoms with Gasteiger partial charge in [0.25, 0.3) is 0 Å². The van der Waals surface area contributed by atoms with Gasteiger partial charge in [0.05, 0.1) is 5.33 Å². The van der Waals surface area contributed by atoms with Crippen LogP contribution in [0.3, 0.4) is 0 Å². The van der Waals surface area contributed by atoms with Crippen LogP contribution in [0.2, 0.25) is 0 Å². The number of halogens is 1. The molecule has 0 aliphatic carbocycles. The lowest BCUT2D eigenvalue weighted by molar-refractivity contribution is -0.118. The van der Waals surface area contributed by atoms with Gasteiger partial charge in [0.15, 0.2) is 0 Å². The molecule has 1 rings (SSSR count). The van der Waals surface area contributed by atoms with Crippen LogP contribution in [-0.2, 0) is 4.79 Å². The average Bonchev–Trinajstić information content (AvgIpc) is 2.26. The highest BCUT2D eigenvalue weighted by atomic mass is 79.9. The second-order valence-electron chi connectivity index (χ2n) is 3.84. The number of likely N-dealkylation sites (tertiary alicyclic amines) is 1. The maximum atomic E-state index is 11.0. The van der Waals surface area contributed by atoms with E-state index in [1.165, 1.54) is 19.4 Å². The van der Waals surface area contributed by atoms with Crippen LogP contribution in [0.5, 0.6) is 0 Å². The lowest BCUT2D eigenvalue weighted by Gasteiger charge is -2.31. The number of piperidine rings is 1. The van der Waals surface area contributed by atoms with E-state index in [9.17, 15) is 4.79 Å². The van der Waals surface area contributed by atoms with Gasteiger partial charge in [0.2, 0.25) is 5.91 Å². The third-order valence-corrected chi connectivity index (χ3v) is 3.27. The smallest absolute Gasteiger partial charge is 0.230 e. The third kappa shape index (κ3) is 3.96. The molecule has 1 fully saturated rings. The molecule has 0 aromatic heterocycles. The lowest BCUT2D eigenvalue weighted by atomic mass is 9.98. The molecule has 1 aliphatic heterocycles. The van der Waals surface area contributed by atoms with Gasteiger partial charge in [0, 0.05) is 13.1 Å². The highest BCUT2D eigenvalue weighted by Gasteiger charge is 2.18. The maximum absolute atomic E-state index is 11.0. The minimum atomic E-state index is 0.0959. The summed E-state index contributed by atoms with van der Waals surface area (Å²) in [6, 6.07) is 0. The fourth-order valence-electron chi connectivity index (χ4n) is 1.91. The van der Waals surface area contributed by atoms with Crippen LogP contribution < -0.4 is 5.32 Å². The van der Waals surface area contributed by atoms with Crippen molar-refractivity contribution >= 4 is 21.8 Å². The molecule has 0 bridgehead atoms. The fourth-order valence-corrected chi connectivity index (χ4v) is 2.11. The summed E-state index contributed by atoms with van der Waals surface area (Å²) in [7, 11) is 0. The number of alkyl halides is 1. The molecular weight excluding hydrogens is 244 g/mol. The molecule has 0 aromatic carbocycles. The van der Waals surface area contributed by atoms with Crippen molar-refractivity contribution in [2.75, 3.05) is 31.5 Å². The maximum Gasteiger partial charge on any atom is 0.230 e. The summed E-state index contributed by atoms with van der Waals surface area (Å²) in [6.45, 7) is 6.52. The van der Waals surface area contributed by atoms with Gasteiger partial charge in [-0.05, 0) is 31.8 Å². The summed E-state index contributed by atoms with van der Waals surface area (Å²) in [5.74, 6) is 0.741. The van der Waals surface area contributed by atoms with E-state index in [1.807, 2.05) is 0 Å². The number of carbonyl (C=O) groups is 1. The molecule has 4 heteroatoms. The first-order valence-corrected chi connectivity index (χ1v) is 6.43. The Kier molecular flexibility index (Phi) is 5.48. The van der Waals surface area contributed by atoms with E-state index in [0.29, 0.717) is 11.2 Å². The standard InChI is InChI=1S/C10H19BrN2O/c1-2-13-5-3-4-9(8-13)7-12-10(14)6-11/h9H,2-8H2,1H3,(H,12,14). The van der Waals surface area contributed by atoms with Crippen molar-refractivity contribution < 1.29 is 4.79 Å². The molecule has 1 unspecified atom stereocenters. The van der Waals surface area contributed by atoms with Gasteiger partial charge in [-0.2, -0.15) is 0 Å². The quantitative estimate of drug-likeness (QED) is 0.774. The Morgan fingerprint density at radius 3 is 3.07 bits per heavy atom. The Morgan fingerprint density at radius 2 is 2.43 bits per heavy atom. The van der Waals surface area contributed by atoms with Gasteiger partial charge in [0.1, 0.15) is 0 Å². The van der Waals surface area contributed by atoms with Gasteiger partial charge >= 0.3 is 0 Å². The van der Waals surface area contributed by atoms with E-state index in [1.54, 1.807) is 0 Å². The van der Waals surface area contributed by atoms with Crippen LogP contribution in [0.1, 0.15) is 19.8 Å². The molecule has 0 spiro atoms. The van der Waals surface area contributed by atoms with Crippen molar-refractivity contribution in [2.45, 2.75) is 19.8 Å². The number of rotatable bonds is 4. The molecular formula is C10H19BrN2O. The van der Waals surface area contributed by atoms with Crippen LogP contribution in [0.15, 0.2) is 0 Å². The monoisotopic (exact) mass is 262 g/mol. The van der Waals surface area contributed by atoms with Crippen LogP contribution in [0, 0.1) is 5.92 Å². The van der Waals surface area contributed by atoms with Gasteiger partial charge in [-0.1, -0.05) is 22.9 Å². The molecule has 3 nitrogen and oxygen atoms in total. The van der Waals surface area contributed by atoms with Gasteiger partial charge in [-0.15, -0.1) is 0 Å². The van der Waals surface area contributed by atoms with Crippen molar-refractivity contribution in [1.29, 1.82) is 0 Å². The predicted octanol–water partition coefficient (Wildman–Crippen LogP) is 1.23. The molecule has 1 heterocycles. The molecule has 82 valence electrons. The van der Waals surface area contributed by atoms with Crippen LogP contribution in [0.4, 0.5) is 0 Å². The van der Waals surface area contributed by atoms with Gasteiger partial charge < -0.3 is 10.2 Å². The largest absolute Gasteiger partial charge is 0.355 e. The van der Waals surface area contributed by atoms with E-state index < -0.39 is 0 Å². The zero-order chi connectivity index (χ0) is 10.4. The van der Waals surface area contributed by atoms with Crippen molar-refractivity contribution in [1.82, 2.24) is 10.2 Å². The Labute approximate surface area is 94.4 Å². The second-order valence-corrected chi connectivity index (χ2v) is 4.40. The molecule has 1 saturated heterocycles. The minimum absolute atomic E-state index is 0.0959. The molecule has 0 saturated carbocycles. The number of carbonyl (C=O) groups excluding carboxylic acids is 1.